The standard InChI is InChI=1S/C26H41N5O5S.ClH/c32-25(28-17-23(26(33)34)30-37(35,36)22-10-2-1-3-11-22)20-8-5-15-31(18-20)16-6-9-21-13-12-19-7-4-14-27-24(19)29-21;/h12-13,20,22-23,30H,1-11,14-18H2,(H,27,29)(H,28,32)(H,33,34);1H. The first-order chi connectivity index (χ1) is 17.8. The van der Waals surface area contributed by atoms with Crippen LogP contribution < -0.4 is 15.4 Å². The van der Waals surface area contributed by atoms with E-state index in [9.17, 15) is 23.1 Å². The number of nitrogens with one attached hydrogen (secondary N) is 3. The predicted octanol–water partition coefficient (Wildman–Crippen LogP) is 2.33. The second kappa shape index (κ2) is 14.4. The van der Waals surface area contributed by atoms with Crippen LogP contribution >= 0.6 is 12.4 Å². The van der Waals surface area contributed by atoms with Crippen molar-refractivity contribution in [1.82, 2.24) is 19.9 Å². The largest absolute Gasteiger partial charge is 0.480 e. The van der Waals surface area contributed by atoms with E-state index < -0.39 is 27.3 Å². The van der Waals surface area contributed by atoms with Crippen LogP contribution in [0.5, 0.6) is 0 Å². The molecule has 4 N–H and O–H groups in total. The first-order valence-corrected chi connectivity index (χ1v) is 15.3. The minimum atomic E-state index is -3.75. The zero-order valence-electron chi connectivity index (χ0n) is 22.0. The number of likely N-dealkylation sites (tertiary alicyclic amines) is 1. The lowest BCUT2D eigenvalue weighted by Crippen LogP contribution is -2.52. The number of piperidine rings is 1. The molecule has 2 atom stereocenters. The lowest BCUT2D eigenvalue weighted by molar-refractivity contribution is -0.139. The summed E-state index contributed by atoms with van der Waals surface area (Å²) >= 11 is 0. The Morgan fingerprint density at radius 2 is 1.92 bits per heavy atom. The number of aryl methyl sites for hydroxylation is 2. The second-order valence-electron chi connectivity index (χ2n) is 10.6. The maximum Gasteiger partial charge on any atom is 0.323 e. The molecule has 10 nitrogen and oxygen atoms in total. The van der Waals surface area contributed by atoms with Crippen LogP contribution in [0, 0.1) is 5.92 Å². The van der Waals surface area contributed by atoms with Gasteiger partial charge >= 0.3 is 5.97 Å². The zero-order valence-corrected chi connectivity index (χ0v) is 23.6. The number of fused-ring (bicyclic) bond motifs is 1. The topological polar surface area (TPSA) is 141 Å². The third-order valence-electron chi connectivity index (χ3n) is 7.81. The number of amides is 1. The number of nitrogens with zero attached hydrogens (tertiary/aromatic N) is 2. The smallest absolute Gasteiger partial charge is 0.323 e. The van der Waals surface area contributed by atoms with Crippen molar-refractivity contribution in [3.05, 3.63) is 23.4 Å². The van der Waals surface area contributed by atoms with Gasteiger partial charge < -0.3 is 20.6 Å². The summed E-state index contributed by atoms with van der Waals surface area (Å²) in [5.41, 5.74) is 2.36. The van der Waals surface area contributed by atoms with E-state index in [0.717, 1.165) is 88.9 Å². The minimum absolute atomic E-state index is 0. The molecule has 38 heavy (non-hydrogen) atoms. The van der Waals surface area contributed by atoms with Crippen LogP contribution in [-0.4, -0.2) is 79.3 Å². The number of sulfonamides is 1. The molecular weight excluding hydrogens is 530 g/mol. The van der Waals surface area contributed by atoms with Crippen LogP contribution in [0.15, 0.2) is 12.1 Å². The monoisotopic (exact) mass is 571 g/mol. The third kappa shape index (κ3) is 8.53. The Hall–Kier alpha value is -1.95. The highest BCUT2D eigenvalue weighted by Crippen LogP contribution is 2.24. The SMILES string of the molecule is Cl.O=C(NCC(NS(=O)(=O)C1CCCCC1)C(=O)O)C1CCCN(CCCc2ccc3c(n2)NCCC3)C1. The van der Waals surface area contributed by atoms with Gasteiger partial charge in [-0.1, -0.05) is 25.3 Å². The van der Waals surface area contributed by atoms with E-state index in [2.05, 4.69) is 32.4 Å². The molecule has 1 saturated carbocycles. The number of pyridine rings is 1. The summed E-state index contributed by atoms with van der Waals surface area (Å²) in [6.07, 6.45) is 9.45. The number of aliphatic carboxylic acids is 1. The molecule has 2 unspecified atom stereocenters. The average molecular weight is 572 g/mol. The van der Waals surface area contributed by atoms with Crippen LogP contribution in [-0.2, 0) is 32.5 Å². The van der Waals surface area contributed by atoms with Gasteiger partial charge in [0.2, 0.25) is 15.9 Å². The molecule has 2 fully saturated rings. The lowest BCUT2D eigenvalue weighted by Gasteiger charge is -2.32. The Morgan fingerprint density at radius 1 is 1.13 bits per heavy atom. The van der Waals surface area contributed by atoms with Gasteiger partial charge in [0.25, 0.3) is 0 Å². The fourth-order valence-electron chi connectivity index (χ4n) is 5.66. The van der Waals surface area contributed by atoms with Gasteiger partial charge in [-0.15, -0.1) is 12.4 Å². The predicted molar refractivity (Wildman–Crippen MR) is 149 cm³/mol. The molecule has 0 spiro atoms. The summed E-state index contributed by atoms with van der Waals surface area (Å²) in [5.74, 6) is -0.713. The molecule has 1 amide bonds. The van der Waals surface area contributed by atoms with Gasteiger partial charge in [0.05, 0.1) is 11.2 Å². The number of carbonyl (C=O) groups excluding carboxylic acids is 1. The first kappa shape index (κ1) is 30.6. The summed E-state index contributed by atoms with van der Waals surface area (Å²) in [5, 5.41) is 15.1. The van der Waals surface area contributed by atoms with E-state index >= 15 is 0 Å². The highest BCUT2D eigenvalue weighted by atomic mass is 35.5. The molecule has 0 bridgehead atoms. The molecule has 3 heterocycles. The van der Waals surface area contributed by atoms with Crippen LogP contribution in [0.3, 0.4) is 0 Å². The third-order valence-corrected chi connectivity index (χ3v) is 9.77. The maximum absolute atomic E-state index is 12.8. The number of hydrogen-bond acceptors (Lipinski definition) is 7. The highest BCUT2D eigenvalue weighted by Gasteiger charge is 2.33. The Morgan fingerprint density at radius 3 is 2.68 bits per heavy atom. The zero-order chi connectivity index (χ0) is 26.3. The minimum Gasteiger partial charge on any atom is -0.480 e. The van der Waals surface area contributed by atoms with E-state index in [0.29, 0.717) is 19.4 Å². The molecule has 2 aliphatic heterocycles. The molecule has 214 valence electrons. The summed E-state index contributed by atoms with van der Waals surface area (Å²) in [7, 11) is -3.75. The van der Waals surface area contributed by atoms with E-state index in [-0.39, 0.29) is 30.8 Å². The van der Waals surface area contributed by atoms with Crippen molar-refractivity contribution in [2.75, 3.05) is 38.0 Å². The normalized spacial score (nSPS) is 21.4. The fourth-order valence-corrected chi connectivity index (χ4v) is 7.39. The van der Waals surface area contributed by atoms with Crippen molar-refractivity contribution in [3.63, 3.8) is 0 Å². The maximum atomic E-state index is 12.8. The highest BCUT2D eigenvalue weighted by molar-refractivity contribution is 7.90. The average Bonchev–Trinajstić information content (AvgIpc) is 2.91. The molecule has 4 rings (SSSR count). The van der Waals surface area contributed by atoms with Crippen molar-refractivity contribution < 1.29 is 23.1 Å². The van der Waals surface area contributed by atoms with Gasteiger partial charge in [0.15, 0.2) is 0 Å². The van der Waals surface area contributed by atoms with E-state index in [1.54, 1.807) is 0 Å². The first-order valence-electron chi connectivity index (χ1n) is 13.8. The van der Waals surface area contributed by atoms with Crippen LogP contribution in [0.2, 0.25) is 0 Å². The number of rotatable bonds is 11. The van der Waals surface area contributed by atoms with E-state index in [4.69, 9.17) is 4.98 Å². The van der Waals surface area contributed by atoms with Gasteiger partial charge in [-0.05, 0) is 76.1 Å². The Labute approximate surface area is 232 Å². The molecule has 1 saturated heterocycles. The van der Waals surface area contributed by atoms with Gasteiger partial charge in [0.1, 0.15) is 11.9 Å². The summed E-state index contributed by atoms with van der Waals surface area (Å²) in [6.45, 7) is 3.14. The number of anilines is 1. The number of carboxylic acids is 1. The van der Waals surface area contributed by atoms with Gasteiger partial charge in [0, 0.05) is 25.3 Å². The van der Waals surface area contributed by atoms with E-state index in [1.165, 1.54) is 5.56 Å². The van der Waals surface area contributed by atoms with Crippen molar-refractivity contribution >= 4 is 40.1 Å². The fraction of sp³-hybridized carbons (Fsp3) is 0.731. The van der Waals surface area contributed by atoms with Gasteiger partial charge in [-0.2, -0.15) is 4.72 Å². The number of carbonyl (C=O) groups is 2. The Balaban J connectivity index is 0.00000400. The number of carboxylic acid groups (broad SMARTS) is 1. The summed E-state index contributed by atoms with van der Waals surface area (Å²) in [4.78, 5) is 31.6. The number of hydrogen-bond donors (Lipinski definition) is 4. The molecule has 0 radical (unpaired) electrons. The van der Waals surface area contributed by atoms with Crippen LogP contribution in [0.4, 0.5) is 5.82 Å². The molecule has 1 aromatic rings. The lowest BCUT2D eigenvalue weighted by atomic mass is 9.96. The van der Waals surface area contributed by atoms with Crippen LogP contribution in [0.25, 0.3) is 0 Å². The van der Waals surface area contributed by atoms with Crippen molar-refractivity contribution in [3.8, 4) is 0 Å². The second-order valence-corrected chi connectivity index (χ2v) is 12.6. The van der Waals surface area contributed by atoms with Crippen molar-refractivity contribution in [2.45, 2.75) is 81.9 Å². The molecule has 1 aliphatic carbocycles. The van der Waals surface area contributed by atoms with Crippen molar-refractivity contribution in [1.29, 1.82) is 0 Å². The van der Waals surface area contributed by atoms with Gasteiger partial charge in [-0.25, -0.2) is 13.4 Å². The van der Waals surface area contributed by atoms with E-state index in [1.807, 2.05) is 0 Å². The molecule has 0 aromatic carbocycles. The van der Waals surface area contributed by atoms with Crippen LogP contribution in [0.1, 0.15) is 69.0 Å². The number of aromatic nitrogens is 1. The van der Waals surface area contributed by atoms with Gasteiger partial charge in [-0.3, -0.25) is 9.59 Å². The molecular formula is C26H42ClN5O5S. The quantitative estimate of drug-likeness (QED) is 0.317. The summed E-state index contributed by atoms with van der Waals surface area (Å²) in [6, 6.07) is 2.92. The molecule has 3 aliphatic rings. The Kier molecular flexibility index (Phi) is 11.6. The number of halogens is 1. The van der Waals surface area contributed by atoms with Crippen molar-refractivity contribution in [2.24, 2.45) is 5.92 Å². The molecule has 12 heteroatoms. The Bertz CT molecular complexity index is 1050. The molecule has 1 aromatic heterocycles. The summed E-state index contributed by atoms with van der Waals surface area (Å²) < 4.78 is 27.7.